The fourth-order valence-corrected chi connectivity index (χ4v) is 4.86. The molecule has 34 heavy (non-hydrogen) atoms. The highest BCUT2D eigenvalue weighted by Crippen LogP contribution is 2.34. The van der Waals surface area contributed by atoms with Crippen LogP contribution in [-0.4, -0.2) is 46.2 Å². The van der Waals surface area contributed by atoms with Gasteiger partial charge in [0, 0.05) is 24.7 Å². The van der Waals surface area contributed by atoms with Crippen LogP contribution in [0.5, 0.6) is 0 Å². The van der Waals surface area contributed by atoms with Crippen molar-refractivity contribution < 1.29 is 9.18 Å². The van der Waals surface area contributed by atoms with Crippen molar-refractivity contribution in [3.05, 3.63) is 41.7 Å². The van der Waals surface area contributed by atoms with Gasteiger partial charge in [0.05, 0.1) is 6.54 Å². The number of nitrogens with one attached hydrogen (secondary N) is 2. The number of anilines is 2. The minimum Gasteiger partial charge on any atom is -0.364 e. The number of rotatable bonds is 8. The van der Waals surface area contributed by atoms with Crippen molar-refractivity contribution in [2.24, 2.45) is 0 Å². The summed E-state index contributed by atoms with van der Waals surface area (Å²) in [5, 5.41) is 12.0. The highest BCUT2D eigenvalue weighted by Gasteiger charge is 2.23. The Morgan fingerprint density at radius 1 is 1.24 bits per heavy atom. The summed E-state index contributed by atoms with van der Waals surface area (Å²) in [6.07, 6.45) is 8.08. The quantitative estimate of drug-likeness (QED) is 0.427. The Bertz CT molecular complexity index is 1170. The molecule has 182 valence electrons. The van der Waals surface area contributed by atoms with Crippen molar-refractivity contribution in [3.8, 4) is 11.3 Å². The maximum absolute atomic E-state index is 13.4. The number of imidazole rings is 1. The summed E-state index contributed by atoms with van der Waals surface area (Å²) in [7, 11) is 1.86. The molecule has 0 bridgehead atoms. The Labute approximate surface area is 204 Å². The van der Waals surface area contributed by atoms with E-state index >= 15 is 0 Å². The van der Waals surface area contributed by atoms with Crippen LogP contribution in [0.2, 0.25) is 0 Å². The molecule has 9 heteroatoms. The Hall–Kier alpha value is -2.94. The van der Waals surface area contributed by atoms with E-state index in [1.165, 1.54) is 41.9 Å². The van der Waals surface area contributed by atoms with Crippen molar-refractivity contribution in [1.82, 2.24) is 19.9 Å². The molecule has 0 atom stereocenters. The summed E-state index contributed by atoms with van der Waals surface area (Å²) in [6, 6.07) is 6.30. The fourth-order valence-electron chi connectivity index (χ4n) is 4.00. The second kappa shape index (κ2) is 10.1. The number of halogens is 1. The second-order valence-corrected chi connectivity index (χ2v) is 10.8. The molecule has 2 aromatic heterocycles. The minimum absolute atomic E-state index is 0.0215. The predicted molar refractivity (Wildman–Crippen MR) is 137 cm³/mol. The van der Waals surface area contributed by atoms with Crippen LogP contribution in [-0.2, 0) is 4.79 Å². The van der Waals surface area contributed by atoms with Gasteiger partial charge in [-0.3, -0.25) is 4.79 Å². The number of nitrogens with zero attached hydrogens (tertiary/aromatic N) is 4. The zero-order valence-electron chi connectivity index (χ0n) is 20.3. The summed E-state index contributed by atoms with van der Waals surface area (Å²) < 4.78 is 15.2. The number of amides is 1. The maximum Gasteiger partial charge on any atom is 0.239 e. The van der Waals surface area contributed by atoms with Gasteiger partial charge in [-0.25, -0.2) is 9.37 Å². The van der Waals surface area contributed by atoms with Gasteiger partial charge in [0.15, 0.2) is 5.82 Å². The molecule has 7 nitrogen and oxygen atoms in total. The van der Waals surface area contributed by atoms with Crippen LogP contribution in [0, 0.1) is 5.82 Å². The fraction of sp³-hybridized carbons (Fsp3) is 0.480. The average molecular weight is 485 g/mol. The van der Waals surface area contributed by atoms with Gasteiger partial charge in [-0.05, 0) is 77.1 Å². The highest BCUT2D eigenvalue weighted by atomic mass is 32.1. The predicted octanol–water partition coefficient (Wildman–Crippen LogP) is 5.25. The number of likely N-dealkylation sites (N-methyl/N-ethyl adjacent to an activating group) is 1. The van der Waals surface area contributed by atoms with Crippen LogP contribution in [0.4, 0.5) is 15.3 Å². The molecule has 1 aromatic carbocycles. The Balaban J connectivity index is 1.48. The first-order valence-corrected chi connectivity index (χ1v) is 12.6. The van der Waals surface area contributed by atoms with E-state index in [0.29, 0.717) is 16.6 Å². The zero-order chi connectivity index (χ0) is 24.3. The molecule has 0 spiro atoms. The Kier molecular flexibility index (Phi) is 7.21. The first-order chi connectivity index (χ1) is 16.2. The monoisotopic (exact) mass is 484 g/mol. The minimum atomic E-state index is -0.286. The van der Waals surface area contributed by atoms with Gasteiger partial charge in [0.2, 0.25) is 16.0 Å². The van der Waals surface area contributed by atoms with Gasteiger partial charge in [0.25, 0.3) is 0 Å². The maximum atomic E-state index is 13.4. The molecule has 4 rings (SSSR count). The third-order valence-corrected chi connectivity index (χ3v) is 6.69. The van der Waals surface area contributed by atoms with Crippen molar-refractivity contribution in [3.63, 3.8) is 0 Å². The molecule has 0 aliphatic heterocycles. The number of hydrogen-bond acceptors (Lipinski definition) is 6. The summed E-state index contributed by atoms with van der Waals surface area (Å²) in [6.45, 7) is 7.08. The van der Waals surface area contributed by atoms with Crippen LogP contribution in [0.25, 0.3) is 16.2 Å². The lowest BCUT2D eigenvalue weighted by molar-refractivity contribution is -0.119. The molecule has 0 saturated carbocycles. The normalized spacial score (nSPS) is 14.2. The number of fused-ring (bicyclic) bond motifs is 1. The summed E-state index contributed by atoms with van der Waals surface area (Å²) >= 11 is 1.42. The topological polar surface area (TPSA) is 74.6 Å². The van der Waals surface area contributed by atoms with E-state index < -0.39 is 0 Å². The van der Waals surface area contributed by atoms with Gasteiger partial charge in [-0.15, -0.1) is 5.10 Å². The molecule has 1 amide bonds. The SMILES string of the molecule is CN(CC(=O)NCCC1=CCCCC1)c1nn2c(NC(C)(C)C)c(-c3ccc(F)cc3)nc2s1. The van der Waals surface area contributed by atoms with Crippen LogP contribution in [0.1, 0.15) is 52.9 Å². The number of aromatic nitrogens is 3. The van der Waals surface area contributed by atoms with Crippen molar-refractivity contribution in [1.29, 1.82) is 0 Å². The molecule has 0 saturated heterocycles. The van der Waals surface area contributed by atoms with Crippen molar-refractivity contribution in [2.75, 3.05) is 30.4 Å². The molecular weight excluding hydrogens is 451 g/mol. The largest absolute Gasteiger partial charge is 0.364 e. The lowest BCUT2D eigenvalue weighted by Crippen LogP contribution is -2.35. The summed E-state index contributed by atoms with van der Waals surface area (Å²) in [4.78, 5) is 19.8. The standard InChI is InChI=1S/C25H33FN6OS/c1-25(2,3)29-22-21(18-10-12-19(26)13-11-18)28-23-32(22)30-24(34-23)31(4)16-20(33)27-15-14-17-8-6-5-7-9-17/h8,10-13,29H,5-7,9,14-16H2,1-4H3,(H,27,33). The van der Waals surface area contributed by atoms with E-state index in [4.69, 9.17) is 10.1 Å². The van der Waals surface area contributed by atoms with E-state index in [1.807, 2.05) is 11.9 Å². The van der Waals surface area contributed by atoms with Crippen molar-refractivity contribution in [2.45, 2.75) is 58.4 Å². The Morgan fingerprint density at radius 2 is 2.00 bits per heavy atom. The van der Waals surface area contributed by atoms with E-state index in [9.17, 15) is 9.18 Å². The lowest BCUT2D eigenvalue weighted by atomic mass is 9.97. The third kappa shape index (κ3) is 5.94. The molecule has 1 aliphatic carbocycles. The van der Waals surface area contributed by atoms with Gasteiger partial charge in [0.1, 0.15) is 11.5 Å². The number of allylic oxidation sites excluding steroid dienone is 1. The lowest BCUT2D eigenvalue weighted by Gasteiger charge is -2.22. The van der Waals surface area contributed by atoms with Crippen LogP contribution in [0.3, 0.4) is 0 Å². The Morgan fingerprint density at radius 3 is 2.68 bits per heavy atom. The molecule has 2 heterocycles. The molecular formula is C25H33FN6OS. The molecule has 2 N–H and O–H groups in total. The molecule has 1 aliphatic rings. The summed E-state index contributed by atoms with van der Waals surface area (Å²) in [5.74, 6) is 0.438. The number of benzene rings is 1. The number of carbonyl (C=O) groups excluding carboxylic acids is 1. The first-order valence-electron chi connectivity index (χ1n) is 11.8. The summed E-state index contributed by atoms with van der Waals surface area (Å²) in [5.41, 5.74) is 2.76. The van der Waals surface area contributed by atoms with Gasteiger partial charge in [-0.1, -0.05) is 23.0 Å². The first kappa shape index (κ1) is 24.2. The van der Waals surface area contributed by atoms with E-state index in [0.717, 1.165) is 36.3 Å². The highest BCUT2D eigenvalue weighted by molar-refractivity contribution is 7.20. The number of carbonyl (C=O) groups is 1. The van der Waals surface area contributed by atoms with Crippen LogP contribution < -0.4 is 15.5 Å². The number of hydrogen-bond donors (Lipinski definition) is 2. The van der Waals surface area contributed by atoms with E-state index in [-0.39, 0.29) is 23.8 Å². The van der Waals surface area contributed by atoms with Crippen LogP contribution in [0.15, 0.2) is 35.9 Å². The molecule has 0 fully saturated rings. The smallest absolute Gasteiger partial charge is 0.239 e. The zero-order valence-corrected chi connectivity index (χ0v) is 21.1. The third-order valence-electron chi connectivity index (χ3n) is 5.66. The van der Waals surface area contributed by atoms with E-state index in [2.05, 4.69) is 37.5 Å². The van der Waals surface area contributed by atoms with Crippen LogP contribution >= 0.6 is 11.3 Å². The molecule has 0 unspecified atom stereocenters. The molecule has 0 radical (unpaired) electrons. The van der Waals surface area contributed by atoms with Gasteiger partial charge in [-0.2, -0.15) is 4.52 Å². The molecule has 3 aromatic rings. The van der Waals surface area contributed by atoms with Crippen molar-refractivity contribution >= 4 is 33.2 Å². The van der Waals surface area contributed by atoms with Gasteiger partial charge >= 0.3 is 0 Å². The van der Waals surface area contributed by atoms with E-state index in [1.54, 1.807) is 16.6 Å². The van der Waals surface area contributed by atoms with Gasteiger partial charge < -0.3 is 15.5 Å². The second-order valence-electron chi connectivity index (χ2n) is 9.83. The average Bonchev–Trinajstić information content (AvgIpc) is 3.34.